The van der Waals surface area contributed by atoms with Crippen molar-refractivity contribution in [3.63, 3.8) is 0 Å². The van der Waals surface area contributed by atoms with Crippen LogP contribution in [0.1, 0.15) is 42.6 Å². The van der Waals surface area contributed by atoms with Crippen LogP contribution in [0.4, 0.5) is 4.39 Å². The predicted octanol–water partition coefficient (Wildman–Crippen LogP) is 2.62. The van der Waals surface area contributed by atoms with E-state index >= 15 is 0 Å². The first-order valence-corrected chi connectivity index (χ1v) is 4.96. The third kappa shape index (κ3) is 1.24. The minimum absolute atomic E-state index is 0.360. The molecule has 2 rings (SSSR count). The summed E-state index contributed by atoms with van der Waals surface area (Å²) in [6.45, 7) is 4.09. The van der Waals surface area contributed by atoms with Crippen molar-refractivity contribution in [2.24, 2.45) is 0 Å². The average molecular weight is 186 g/mol. The van der Waals surface area contributed by atoms with Gasteiger partial charge in [-0.1, -0.05) is 25.2 Å². The average Bonchev–Trinajstić information content (AvgIpc) is 2.61. The van der Waals surface area contributed by atoms with E-state index in [4.69, 9.17) is 0 Å². The van der Waals surface area contributed by atoms with Crippen LogP contribution in [0, 0.1) is 0 Å². The van der Waals surface area contributed by atoms with Crippen LogP contribution in [0.15, 0.2) is 0 Å². The highest BCUT2D eigenvalue weighted by atomic mass is 32.1. The largest absolute Gasteiger partial charge is 0.236 e. The molecule has 2 nitrogen and oxygen atoms in total. The van der Waals surface area contributed by atoms with Crippen LogP contribution >= 0.6 is 11.3 Å². The molecule has 1 aliphatic rings. The second-order valence-electron chi connectivity index (χ2n) is 3.57. The van der Waals surface area contributed by atoms with Gasteiger partial charge in [0.2, 0.25) is 0 Å². The Morgan fingerprint density at radius 1 is 1.42 bits per heavy atom. The lowest BCUT2D eigenvalue weighted by molar-refractivity contribution is 0.314. The lowest BCUT2D eigenvalue weighted by Gasteiger charge is -1.96. The van der Waals surface area contributed by atoms with E-state index in [1.54, 1.807) is 0 Å². The van der Waals surface area contributed by atoms with Gasteiger partial charge in [0.05, 0.1) is 0 Å². The third-order valence-electron chi connectivity index (χ3n) is 2.01. The molecular weight excluding hydrogens is 175 g/mol. The molecule has 0 amide bonds. The van der Waals surface area contributed by atoms with Crippen LogP contribution in [0.5, 0.6) is 0 Å². The second-order valence-corrected chi connectivity index (χ2v) is 4.57. The molecule has 12 heavy (non-hydrogen) atoms. The predicted molar refractivity (Wildman–Crippen MR) is 46.0 cm³/mol. The molecule has 0 saturated heterocycles. The minimum atomic E-state index is -1.11. The van der Waals surface area contributed by atoms with Gasteiger partial charge in [-0.2, -0.15) is 0 Å². The normalized spacial score (nSPS) is 20.0. The van der Waals surface area contributed by atoms with Crippen LogP contribution in [0.2, 0.25) is 0 Å². The summed E-state index contributed by atoms with van der Waals surface area (Å²) in [6.07, 6.45) is 1.25. The Morgan fingerprint density at radius 3 is 2.50 bits per heavy atom. The molecule has 0 N–H and O–H groups in total. The first-order valence-electron chi connectivity index (χ1n) is 4.14. The lowest BCUT2D eigenvalue weighted by Crippen LogP contribution is -1.95. The van der Waals surface area contributed by atoms with E-state index < -0.39 is 5.67 Å². The molecule has 0 bridgehead atoms. The quantitative estimate of drug-likeness (QED) is 0.709. The van der Waals surface area contributed by atoms with Crippen LogP contribution in [0.3, 0.4) is 0 Å². The monoisotopic (exact) mass is 186 g/mol. The van der Waals surface area contributed by atoms with E-state index in [-0.39, 0.29) is 0 Å². The molecule has 0 radical (unpaired) electrons. The SMILES string of the molecule is CC(C)c1nnc(C2(F)CC2)s1. The smallest absolute Gasteiger partial charge is 0.164 e. The zero-order chi connectivity index (χ0) is 8.77. The van der Waals surface area contributed by atoms with E-state index in [1.807, 2.05) is 13.8 Å². The van der Waals surface area contributed by atoms with E-state index in [2.05, 4.69) is 10.2 Å². The first kappa shape index (κ1) is 8.10. The van der Waals surface area contributed by atoms with Crippen LogP contribution in [-0.4, -0.2) is 10.2 Å². The number of rotatable bonds is 2. The molecule has 1 heterocycles. The van der Waals surface area contributed by atoms with Gasteiger partial charge in [0, 0.05) is 5.92 Å². The zero-order valence-corrected chi connectivity index (χ0v) is 7.99. The summed E-state index contributed by atoms with van der Waals surface area (Å²) in [5, 5.41) is 9.33. The Kier molecular flexibility index (Phi) is 1.68. The number of nitrogens with zero attached hydrogens (tertiary/aromatic N) is 2. The van der Waals surface area contributed by atoms with Crippen molar-refractivity contribution >= 4 is 11.3 Å². The summed E-state index contributed by atoms with van der Waals surface area (Å²) in [4.78, 5) is 0. The Labute approximate surface area is 74.8 Å². The van der Waals surface area contributed by atoms with E-state index in [0.717, 1.165) is 5.01 Å². The van der Waals surface area contributed by atoms with Crippen molar-refractivity contribution in [3.8, 4) is 0 Å². The highest BCUT2D eigenvalue weighted by molar-refractivity contribution is 7.11. The van der Waals surface area contributed by atoms with Gasteiger partial charge in [0.15, 0.2) is 10.7 Å². The minimum Gasteiger partial charge on any atom is -0.236 e. The van der Waals surface area contributed by atoms with Crippen molar-refractivity contribution in [1.82, 2.24) is 10.2 Å². The van der Waals surface area contributed by atoms with Crippen molar-refractivity contribution < 1.29 is 4.39 Å². The molecular formula is C8H11FN2S. The van der Waals surface area contributed by atoms with Gasteiger partial charge in [-0.05, 0) is 12.8 Å². The summed E-state index contributed by atoms with van der Waals surface area (Å²) in [7, 11) is 0. The fourth-order valence-corrected chi connectivity index (χ4v) is 1.96. The van der Waals surface area contributed by atoms with Gasteiger partial charge in [-0.15, -0.1) is 10.2 Å². The van der Waals surface area contributed by atoms with Crippen molar-refractivity contribution in [3.05, 3.63) is 10.0 Å². The van der Waals surface area contributed by atoms with Gasteiger partial charge < -0.3 is 0 Å². The molecule has 1 aliphatic carbocycles. The number of hydrogen-bond donors (Lipinski definition) is 0. The Bertz CT molecular complexity index is 291. The molecule has 0 aliphatic heterocycles. The van der Waals surface area contributed by atoms with E-state index in [1.165, 1.54) is 11.3 Å². The Morgan fingerprint density at radius 2 is 2.08 bits per heavy atom. The van der Waals surface area contributed by atoms with Gasteiger partial charge >= 0.3 is 0 Å². The molecule has 1 aromatic heterocycles. The second kappa shape index (κ2) is 2.49. The molecule has 1 saturated carbocycles. The highest BCUT2D eigenvalue weighted by Gasteiger charge is 2.48. The molecule has 0 aromatic carbocycles. The summed E-state index contributed by atoms with van der Waals surface area (Å²) >= 11 is 1.41. The Balaban J connectivity index is 2.25. The summed E-state index contributed by atoms with van der Waals surface area (Å²) in [6, 6.07) is 0. The van der Waals surface area contributed by atoms with Crippen molar-refractivity contribution in [2.45, 2.75) is 38.3 Å². The van der Waals surface area contributed by atoms with E-state index in [9.17, 15) is 4.39 Å². The summed E-state index contributed by atoms with van der Waals surface area (Å²) in [5.41, 5.74) is -1.11. The number of hydrogen-bond acceptors (Lipinski definition) is 3. The maximum absolute atomic E-state index is 13.4. The first-order chi connectivity index (χ1) is 5.62. The standard InChI is InChI=1S/C8H11FN2S/c1-5(2)6-10-11-7(12-6)8(9)3-4-8/h5H,3-4H2,1-2H3. The third-order valence-corrected chi connectivity index (χ3v) is 3.41. The van der Waals surface area contributed by atoms with Crippen LogP contribution < -0.4 is 0 Å². The molecule has 0 atom stereocenters. The molecule has 0 unspecified atom stereocenters. The van der Waals surface area contributed by atoms with Gasteiger partial charge in [-0.3, -0.25) is 0 Å². The van der Waals surface area contributed by atoms with E-state index in [0.29, 0.717) is 23.8 Å². The Hall–Kier alpha value is -0.510. The maximum atomic E-state index is 13.4. The topological polar surface area (TPSA) is 25.8 Å². The van der Waals surface area contributed by atoms with Crippen LogP contribution in [-0.2, 0) is 5.67 Å². The lowest BCUT2D eigenvalue weighted by atomic mass is 10.2. The van der Waals surface area contributed by atoms with Crippen molar-refractivity contribution in [2.75, 3.05) is 0 Å². The molecule has 66 valence electrons. The summed E-state index contributed by atoms with van der Waals surface area (Å²) < 4.78 is 13.4. The van der Waals surface area contributed by atoms with Gasteiger partial charge in [0.1, 0.15) is 5.01 Å². The molecule has 0 spiro atoms. The highest BCUT2D eigenvalue weighted by Crippen LogP contribution is 2.50. The fourth-order valence-electron chi connectivity index (χ4n) is 0.973. The number of aromatic nitrogens is 2. The number of halogens is 1. The van der Waals surface area contributed by atoms with Crippen molar-refractivity contribution in [1.29, 1.82) is 0 Å². The maximum Gasteiger partial charge on any atom is 0.164 e. The molecule has 1 fully saturated rings. The van der Waals surface area contributed by atoms with Gasteiger partial charge in [-0.25, -0.2) is 4.39 Å². The zero-order valence-electron chi connectivity index (χ0n) is 7.17. The fraction of sp³-hybridized carbons (Fsp3) is 0.750. The number of alkyl halides is 1. The molecule has 1 aromatic rings. The van der Waals surface area contributed by atoms with Gasteiger partial charge in [0.25, 0.3) is 0 Å². The van der Waals surface area contributed by atoms with Crippen LogP contribution in [0.25, 0.3) is 0 Å². The summed E-state index contributed by atoms with van der Waals surface area (Å²) in [5.74, 6) is 0.360. The molecule has 4 heteroatoms.